The van der Waals surface area contributed by atoms with Gasteiger partial charge in [0, 0.05) is 0 Å². The molecule has 1 saturated heterocycles. The number of alkyl halides is 2. The summed E-state index contributed by atoms with van der Waals surface area (Å²) >= 11 is 0. The van der Waals surface area contributed by atoms with Crippen molar-refractivity contribution >= 4 is 0 Å². The van der Waals surface area contributed by atoms with Gasteiger partial charge in [-0.05, 0) is 0 Å². The minimum absolute atomic E-state index is 1.02. The molecule has 0 aromatic rings. The standard InChI is InChI=1S/CF3NO/c2-1(3)5(4)6-1. The van der Waals surface area contributed by atoms with Crippen molar-refractivity contribution in [1.29, 1.82) is 0 Å². The Morgan fingerprint density at radius 1 is 1.50 bits per heavy atom. The van der Waals surface area contributed by atoms with Gasteiger partial charge in [-0.3, -0.25) is 0 Å². The van der Waals surface area contributed by atoms with E-state index in [1.54, 1.807) is 0 Å². The van der Waals surface area contributed by atoms with Crippen molar-refractivity contribution < 1.29 is 18.1 Å². The van der Waals surface area contributed by atoms with Crippen LogP contribution in [0, 0.1) is 0 Å². The summed E-state index contributed by atoms with van der Waals surface area (Å²) in [6.07, 6.45) is -3.62. The predicted molar refractivity (Wildman–Crippen MR) is 8.98 cm³/mol. The molecule has 1 aliphatic heterocycles. The van der Waals surface area contributed by atoms with E-state index in [0.29, 0.717) is 0 Å². The predicted octanol–water partition coefficient (Wildman–Crippen LogP) is 0.668. The van der Waals surface area contributed by atoms with Crippen LogP contribution in [-0.2, 0) is 4.84 Å². The third-order valence-corrected chi connectivity index (χ3v) is 0.362. The molecule has 1 heterocycles. The lowest BCUT2D eigenvalue weighted by Crippen LogP contribution is -1.93. The summed E-state index contributed by atoms with van der Waals surface area (Å²) in [4.78, 5) is 2.94. The minimum atomic E-state index is -3.62. The van der Waals surface area contributed by atoms with Crippen molar-refractivity contribution in [2.24, 2.45) is 0 Å². The molecule has 0 radical (unpaired) electrons. The van der Waals surface area contributed by atoms with Crippen LogP contribution in [0.1, 0.15) is 0 Å². The normalized spacial score (nSPS) is 39.5. The molecule has 0 bridgehead atoms. The molecule has 0 aromatic heterocycles. The third kappa shape index (κ3) is 0.359. The quantitative estimate of drug-likeness (QED) is 0.252. The summed E-state index contributed by atoms with van der Waals surface area (Å²) in [5.41, 5.74) is 0. The monoisotopic (exact) mass is 99.0 g/mol. The first-order chi connectivity index (χ1) is 2.63. The summed E-state index contributed by atoms with van der Waals surface area (Å²) < 4.78 is 32.5. The van der Waals surface area contributed by atoms with Crippen LogP contribution in [0.2, 0.25) is 0 Å². The van der Waals surface area contributed by atoms with Gasteiger partial charge >= 0.3 is 6.23 Å². The Morgan fingerprint density at radius 2 is 1.67 bits per heavy atom. The van der Waals surface area contributed by atoms with E-state index in [0.717, 1.165) is 0 Å². The summed E-state index contributed by atoms with van der Waals surface area (Å²) in [6, 6.07) is 0. The molecule has 0 N–H and O–H groups in total. The highest BCUT2D eigenvalue weighted by Crippen LogP contribution is 2.37. The summed E-state index contributed by atoms with van der Waals surface area (Å²) in [5, 5.41) is -1.02. The molecule has 0 aliphatic carbocycles. The molecule has 0 saturated carbocycles. The molecule has 0 aromatic carbocycles. The van der Waals surface area contributed by atoms with Crippen LogP contribution < -0.4 is 0 Å². The van der Waals surface area contributed by atoms with E-state index in [4.69, 9.17) is 0 Å². The third-order valence-electron chi connectivity index (χ3n) is 0.362. The van der Waals surface area contributed by atoms with Gasteiger partial charge in [0.25, 0.3) is 0 Å². The largest absolute Gasteiger partial charge is 0.494 e. The molecule has 1 unspecified atom stereocenters. The van der Waals surface area contributed by atoms with Crippen molar-refractivity contribution in [1.82, 2.24) is 5.29 Å². The second-order valence-corrected chi connectivity index (χ2v) is 0.822. The zero-order valence-corrected chi connectivity index (χ0v) is 2.49. The Labute approximate surface area is 31.0 Å². The number of rotatable bonds is 0. The fourth-order valence-electron chi connectivity index (χ4n) is 0.0760. The van der Waals surface area contributed by atoms with Gasteiger partial charge in [0.1, 0.15) is 0 Å². The second-order valence-electron chi connectivity index (χ2n) is 0.822. The number of nitrogens with zero attached hydrogens (tertiary/aromatic N) is 1. The molecule has 5 heteroatoms. The molecule has 0 amide bonds. The Kier molecular flexibility index (Phi) is 0.445. The number of hydroxylamine groups is 1. The van der Waals surface area contributed by atoms with Gasteiger partial charge in [-0.1, -0.05) is 4.48 Å². The van der Waals surface area contributed by atoms with E-state index in [9.17, 15) is 13.3 Å². The molecule has 1 atom stereocenters. The number of hydrogen-bond acceptors (Lipinski definition) is 2. The van der Waals surface area contributed by atoms with Crippen LogP contribution in [0.4, 0.5) is 13.3 Å². The zero-order chi connectivity index (χ0) is 4.78. The fraction of sp³-hybridized carbons (Fsp3) is 1.00. The first-order valence-electron chi connectivity index (χ1n) is 1.16. The Morgan fingerprint density at radius 3 is 1.67 bits per heavy atom. The van der Waals surface area contributed by atoms with Gasteiger partial charge in [0.05, 0.1) is 5.29 Å². The van der Waals surface area contributed by atoms with E-state index in [1.165, 1.54) is 0 Å². The van der Waals surface area contributed by atoms with Gasteiger partial charge in [0.2, 0.25) is 0 Å². The topological polar surface area (TPSA) is 15.5 Å². The maximum atomic E-state index is 10.9. The van der Waals surface area contributed by atoms with E-state index >= 15 is 0 Å². The van der Waals surface area contributed by atoms with Gasteiger partial charge < -0.3 is 0 Å². The van der Waals surface area contributed by atoms with E-state index in [1.807, 2.05) is 0 Å². The molecule has 6 heavy (non-hydrogen) atoms. The molecule has 2 nitrogen and oxygen atoms in total. The highest BCUT2D eigenvalue weighted by molar-refractivity contribution is 4.46. The average Bonchev–Trinajstić information content (AvgIpc) is 1.73. The van der Waals surface area contributed by atoms with Crippen molar-refractivity contribution in [3.8, 4) is 0 Å². The number of halogens is 3. The smallest absolute Gasteiger partial charge is 0.174 e. The molecule has 1 fully saturated rings. The fourth-order valence-corrected chi connectivity index (χ4v) is 0.0760. The Bertz CT molecular complexity index is 73.2. The summed E-state index contributed by atoms with van der Waals surface area (Å²) in [6.45, 7) is 0. The van der Waals surface area contributed by atoms with Gasteiger partial charge in [0.15, 0.2) is 0 Å². The highest BCUT2D eigenvalue weighted by atomic mass is 19.3. The van der Waals surface area contributed by atoms with Crippen LogP contribution in [-0.4, -0.2) is 11.5 Å². The molecule has 0 spiro atoms. The zero-order valence-electron chi connectivity index (χ0n) is 2.49. The molecule has 1 rings (SSSR count). The molecular formula is CF3NO. The van der Waals surface area contributed by atoms with Crippen LogP contribution in [0.3, 0.4) is 0 Å². The lowest BCUT2D eigenvalue weighted by Gasteiger charge is -1.69. The lowest BCUT2D eigenvalue weighted by molar-refractivity contribution is -0.0307. The average molecular weight is 99.0 g/mol. The number of hydrogen-bond donors (Lipinski definition) is 0. The van der Waals surface area contributed by atoms with E-state index in [2.05, 4.69) is 4.84 Å². The molecular weight excluding hydrogens is 99.0 g/mol. The second kappa shape index (κ2) is 0.688. The highest BCUT2D eigenvalue weighted by Gasteiger charge is 2.61. The minimum Gasteiger partial charge on any atom is -0.174 e. The van der Waals surface area contributed by atoms with Crippen molar-refractivity contribution in [2.45, 2.75) is 6.23 Å². The van der Waals surface area contributed by atoms with Crippen molar-refractivity contribution in [2.75, 3.05) is 0 Å². The van der Waals surface area contributed by atoms with Crippen molar-refractivity contribution in [3.63, 3.8) is 0 Å². The van der Waals surface area contributed by atoms with E-state index in [-0.39, 0.29) is 0 Å². The maximum absolute atomic E-state index is 10.9. The van der Waals surface area contributed by atoms with Crippen LogP contribution in [0.5, 0.6) is 0 Å². The lowest BCUT2D eigenvalue weighted by atomic mass is 11.3. The molecule has 1 aliphatic rings. The summed E-state index contributed by atoms with van der Waals surface area (Å²) in [5.74, 6) is 0. The van der Waals surface area contributed by atoms with Gasteiger partial charge in [-0.2, -0.15) is 13.6 Å². The Balaban J connectivity index is 2.41. The van der Waals surface area contributed by atoms with Gasteiger partial charge in [-0.25, -0.2) is 0 Å². The van der Waals surface area contributed by atoms with Crippen molar-refractivity contribution in [3.05, 3.63) is 0 Å². The van der Waals surface area contributed by atoms with Crippen LogP contribution in [0.15, 0.2) is 0 Å². The first kappa shape index (κ1) is 3.89. The Hall–Kier alpha value is -0.290. The first-order valence-corrected chi connectivity index (χ1v) is 1.16. The SMILES string of the molecule is FN1OC1(F)F. The molecule has 36 valence electrons. The van der Waals surface area contributed by atoms with E-state index < -0.39 is 11.5 Å². The summed E-state index contributed by atoms with van der Waals surface area (Å²) in [7, 11) is 0. The van der Waals surface area contributed by atoms with Crippen LogP contribution >= 0.6 is 0 Å². The maximum Gasteiger partial charge on any atom is 0.494 e. The van der Waals surface area contributed by atoms with Gasteiger partial charge in [-0.15, -0.1) is 0 Å². The van der Waals surface area contributed by atoms with Crippen LogP contribution in [0.25, 0.3) is 0 Å².